The highest BCUT2D eigenvalue weighted by Gasteiger charge is 2.34. The second kappa shape index (κ2) is 6.71. The summed E-state index contributed by atoms with van der Waals surface area (Å²) in [6.07, 6.45) is 2.19. The predicted molar refractivity (Wildman–Crippen MR) is 97.6 cm³/mol. The van der Waals surface area contributed by atoms with Crippen molar-refractivity contribution >= 4 is 15.9 Å². The Morgan fingerprint density at radius 1 is 1.14 bits per heavy atom. The van der Waals surface area contributed by atoms with Crippen LogP contribution in [-0.4, -0.2) is 69.9 Å². The lowest BCUT2D eigenvalue weighted by atomic mass is 10.2. The van der Waals surface area contributed by atoms with Crippen molar-refractivity contribution in [3.63, 3.8) is 0 Å². The molecular formula is C16H20N6O5S. The average Bonchev–Trinajstić information content (AvgIpc) is 3.37. The summed E-state index contributed by atoms with van der Waals surface area (Å²) < 4.78 is 26.8. The van der Waals surface area contributed by atoms with Crippen molar-refractivity contribution in [3.05, 3.63) is 44.0 Å². The van der Waals surface area contributed by atoms with Gasteiger partial charge in [0.05, 0.1) is 0 Å². The highest BCUT2D eigenvalue weighted by atomic mass is 32.2. The molecule has 0 atom stereocenters. The van der Waals surface area contributed by atoms with Crippen molar-refractivity contribution in [1.82, 2.24) is 29.4 Å². The number of carbonyl (C=O) groups is 1. The number of amides is 1. The minimum absolute atomic E-state index is 0.0172. The molecule has 0 unspecified atom stereocenters. The third kappa shape index (κ3) is 3.29. The summed E-state index contributed by atoms with van der Waals surface area (Å²) >= 11 is 0. The molecule has 2 fully saturated rings. The number of carbonyl (C=O) groups excluding carboxylic acids is 1. The SMILES string of the molecule is Cc1[nH]c(=O)[nH]c(=O)c1S(=O)(=O)N1CCN(C(=O)c2cc(C3CC3)[nH]n2)CC1. The zero-order chi connectivity index (χ0) is 20.1. The normalized spacial score (nSPS) is 18.4. The molecule has 2 aromatic rings. The fraction of sp³-hybridized carbons (Fsp3) is 0.500. The largest absolute Gasteiger partial charge is 0.335 e. The topological polar surface area (TPSA) is 152 Å². The van der Waals surface area contributed by atoms with Crippen LogP contribution in [0, 0.1) is 6.92 Å². The Kier molecular flexibility index (Phi) is 4.46. The second-order valence-corrected chi connectivity index (χ2v) is 8.92. The van der Waals surface area contributed by atoms with Gasteiger partial charge in [0, 0.05) is 43.5 Å². The van der Waals surface area contributed by atoms with Gasteiger partial charge in [0.15, 0.2) is 4.90 Å². The first-order valence-electron chi connectivity index (χ1n) is 8.95. The van der Waals surface area contributed by atoms with Gasteiger partial charge in [-0.1, -0.05) is 0 Å². The maximum Gasteiger partial charge on any atom is 0.325 e. The van der Waals surface area contributed by atoms with Gasteiger partial charge in [-0.25, -0.2) is 13.2 Å². The van der Waals surface area contributed by atoms with Crippen molar-refractivity contribution in [1.29, 1.82) is 0 Å². The number of hydrogen-bond acceptors (Lipinski definition) is 6. The maximum atomic E-state index is 12.8. The Morgan fingerprint density at radius 2 is 1.82 bits per heavy atom. The van der Waals surface area contributed by atoms with Gasteiger partial charge in [-0.15, -0.1) is 0 Å². The standard InChI is InChI=1S/C16H20N6O5S/c1-9-13(14(23)18-16(25)17-9)28(26,27)22-6-4-21(5-7-22)15(24)12-8-11(19-20-12)10-2-3-10/h8,10H,2-7H2,1H3,(H,19,20)(H2,17,18,23,25). The summed E-state index contributed by atoms with van der Waals surface area (Å²) in [5.41, 5.74) is -0.454. The van der Waals surface area contributed by atoms with Crippen molar-refractivity contribution in [2.24, 2.45) is 0 Å². The molecule has 0 bridgehead atoms. The molecule has 4 rings (SSSR count). The number of aryl methyl sites for hydroxylation is 1. The van der Waals surface area contributed by atoms with Crippen LogP contribution < -0.4 is 11.2 Å². The zero-order valence-electron chi connectivity index (χ0n) is 15.2. The van der Waals surface area contributed by atoms with Gasteiger partial charge in [-0.3, -0.25) is 19.7 Å². The molecule has 11 nitrogen and oxygen atoms in total. The molecule has 12 heteroatoms. The number of aromatic amines is 3. The van der Waals surface area contributed by atoms with Crippen LogP contribution in [0.3, 0.4) is 0 Å². The average molecular weight is 408 g/mol. The first kappa shape index (κ1) is 18.6. The molecule has 28 heavy (non-hydrogen) atoms. The van der Waals surface area contributed by atoms with E-state index < -0.39 is 26.2 Å². The van der Waals surface area contributed by atoms with Crippen LogP contribution in [0.25, 0.3) is 0 Å². The smallest absolute Gasteiger partial charge is 0.325 e. The minimum atomic E-state index is -4.09. The third-order valence-electron chi connectivity index (χ3n) is 5.03. The molecule has 0 radical (unpaired) electrons. The first-order chi connectivity index (χ1) is 13.3. The van der Waals surface area contributed by atoms with E-state index in [2.05, 4.69) is 15.2 Å². The van der Waals surface area contributed by atoms with Crippen LogP contribution in [0.1, 0.15) is 40.6 Å². The highest BCUT2D eigenvalue weighted by molar-refractivity contribution is 7.89. The van der Waals surface area contributed by atoms with E-state index in [1.807, 2.05) is 4.98 Å². The quantitative estimate of drug-likeness (QED) is 0.597. The van der Waals surface area contributed by atoms with E-state index in [0.29, 0.717) is 11.6 Å². The lowest BCUT2D eigenvalue weighted by Crippen LogP contribution is -2.51. The fourth-order valence-electron chi connectivity index (χ4n) is 3.37. The van der Waals surface area contributed by atoms with Crippen molar-refractivity contribution < 1.29 is 13.2 Å². The number of nitrogens with zero attached hydrogens (tertiary/aromatic N) is 3. The molecule has 1 saturated heterocycles. The molecule has 0 spiro atoms. The third-order valence-corrected chi connectivity index (χ3v) is 7.09. The predicted octanol–water partition coefficient (Wildman–Crippen LogP) is -0.881. The van der Waals surface area contributed by atoms with Gasteiger partial charge in [-0.2, -0.15) is 9.40 Å². The molecule has 1 saturated carbocycles. The van der Waals surface area contributed by atoms with Crippen LogP contribution in [0.2, 0.25) is 0 Å². The Bertz CT molecular complexity index is 1130. The second-order valence-electron chi connectivity index (χ2n) is 7.04. The van der Waals surface area contributed by atoms with Crippen molar-refractivity contribution in [3.8, 4) is 0 Å². The number of nitrogens with one attached hydrogen (secondary N) is 3. The molecule has 0 aromatic carbocycles. The van der Waals surface area contributed by atoms with Crippen LogP contribution in [0.5, 0.6) is 0 Å². The number of sulfonamides is 1. The number of hydrogen-bond donors (Lipinski definition) is 3. The molecule has 2 aromatic heterocycles. The van der Waals surface area contributed by atoms with Crippen molar-refractivity contribution in [2.45, 2.75) is 30.6 Å². The summed E-state index contributed by atoms with van der Waals surface area (Å²) in [4.78, 5) is 41.2. The van der Waals surface area contributed by atoms with E-state index in [0.717, 1.165) is 22.8 Å². The van der Waals surface area contributed by atoms with E-state index in [4.69, 9.17) is 0 Å². The molecule has 150 valence electrons. The van der Waals surface area contributed by atoms with Gasteiger partial charge >= 0.3 is 5.69 Å². The van der Waals surface area contributed by atoms with Gasteiger partial charge in [0.1, 0.15) is 5.69 Å². The number of rotatable bonds is 4. The molecule has 2 aliphatic rings. The highest BCUT2D eigenvalue weighted by Crippen LogP contribution is 2.39. The molecule has 3 N–H and O–H groups in total. The van der Waals surface area contributed by atoms with Crippen LogP contribution >= 0.6 is 0 Å². The van der Waals surface area contributed by atoms with Gasteiger partial charge < -0.3 is 9.88 Å². The molecule has 1 amide bonds. The first-order valence-corrected chi connectivity index (χ1v) is 10.4. The fourth-order valence-corrected chi connectivity index (χ4v) is 5.00. The summed E-state index contributed by atoms with van der Waals surface area (Å²) in [6.45, 7) is 1.82. The Balaban J connectivity index is 1.48. The number of piperazine rings is 1. The van der Waals surface area contributed by atoms with Crippen LogP contribution in [0.4, 0.5) is 0 Å². The van der Waals surface area contributed by atoms with Crippen LogP contribution in [-0.2, 0) is 10.0 Å². The minimum Gasteiger partial charge on any atom is -0.335 e. The van der Waals surface area contributed by atoms with Gasteiger partial charge in [-0.05, 0) is 25.8 Å². The lowest BCUT2D eigenvalue weighted by molar-refractivity contribution is 0.0692. The monoisotopic (exact) mass is 408 g/mol. The van der Waals surface area contributed by atoms with E-state index in [-0.39, 0.29) is 37.8 Å². The molecule has 3 heterocycles. The number of aromatic nitrogens is 4. The maximum absolute atomic E-state index is 12.8. The van der Waals surface area contributed by atoms with E-state index >= 15 is 0 Å². The molecule has 1 aliphatic carbocycles. The lowest BCUT2D eigenvalue weighted by Gasteiger charge is -2.33. The Hall–Kier alpha value is -2.73. The molecular weight excluding hydrogens is 388 g/mol. The summed E-state index contributed by atoms with van der Waals surface area (Å²) in [7, 11) is -4.09. The van der Waals surface area contributed by atoms with E-state index in [1.165, 1.54) is 6.92 Å². The zero-order valence-corrected chi connectivity index (χ0v) is 16.0. The summed E-state index contributed by atoms with van der Waals surface area (Å²) in [6, 6.07) is 1.76. The van der Waals surface area contributed by atoms with Crippen molar-refractivity contribution in [2.75, 3.05) is 26.2 Å². The van der Waals surface area contributed by atoms with Crippen LogP contribution in [0.15, 0.2) is 20.6 Å². The Morgan fingerprint density at radius 3 is 2.43 bits per heavy atom. The summed E-state index contributed by atoms with van der Waals surface area (Å²) in [5.74, 6) is 0.202. The summed E-state index contributed by atoms with van der Waals surface area (Å²) in [5, 5.41) is 6.96. The number of H-pyrrole nitrogens is 3. The van der Waals surface area contributed by atoms with Gasteiger partial charge in [0.25, 0.3) is 11.5 Å². The van der Waals surface area contributed by atoms with Gasteiger partial charge in [0.2, 0.25) is 10.0 Å². The molecule has 1 aliphatic heterocycles. The van der Waals surface area contributed by atoms with E-state index in [9.17, 15) is 22.8 Å². The Labute approximate surface area is 159 Å². The van der Waals surface area contributed by atoms with E-state index in [1.54, 1.807) is 11.0 Å².